The average Bonchev–Trinajstić information content (AvgIpc) is 2.72. The molecule has 7 heteroatoms. The molecule has 0 radical (unpaired) electrons. The molecular formula is C22H14N2O4S. The summed E-state index contributed by atoms with van der Waals surface area (Å²) in [5, 5.41) is 3.75. The molecule has 1 aliphatic carbocycles. The Bertz CT molecular complexity index is 1460. The molecule has 0 fully saturated rings. The van der Waals surface area contributed by atoms with Gasteiger partial charge < -0.3 is 10.3 Å². The molecule has 5 rings (SSSR count). The lowest BCUT2D eigenvalue weighted by atomic mass is 9.83. The van der Waals surface area contributed by atoms with Crippen LogP contribution in [0.2, 0.25) is 0 Å². The second-order valence-electron chi connectivity index (χ2n) is 6.73. The molecule has 29 heavy (non-hydrogen) atoms. The number of pyridine rings is 1. The van der Waals surface area contributed by atoms with Gasteiger partial charge in [-0.05, 0) is 35.4 Å². The predicted octanol–water partition coefficient (Wildman–Crippen LogP) is 3.45. The number of carbonyl (C=O) groups excluding carboxylic acids is 1. The highest BCUT2D eigenvalue weighted by Gasteiger charge is 2.28. The summed E-state index contributed by atoms with van der Waals surface area (Å²) in [6, 6.07) is 18.5. The van der Waals surface area contributed by atoms with E-state index in [1.54, 1.807) is 42.5 Å². The summed E-state index contributed by atoms with van der Waals surface area (Å²) in [7, 11) is -2.81. The van der Waals surface area contributed by atoms with Crippen molar-refractivity contribution >= 4 is 38.8 Å². The third kappa shape index (κ3) is 2.67. The number of rotatable bonds is 3. The lowest BCUT2D eigenvalue weighted by Crippen LogP contribution is -2.16. The molecule has 0 saturated heterocycles. The van der Waals surface area contributed by atoms with Crippen molar-refractivity contribution in [2.45, 2.75) is 4.90 Å². The zero-order valence-corrected chi connectivity index (χ0v) is 15.8. The Morgan fingerprint density at radius 1 is 0.759 bits per heavy atom. The van der Waals surface area contributed by atoms with Gasteiger partial charge in [-0.1, -0.05) is 36.4 Å². The largest absolute Gasteiger partial charge is 0.354 e. The zero-order valence-electron chi connectivity index (χ0n) is 14.9. The van der Waals surface area contributed by atoms with E-state index < -0.39 is 10.7 Å². The van der Waals surface area contributed by atoms with Gasteiger partial charge in [0.05, 0.1) is 21.8 Å². The number of hydrogen-bond acceptors (Lipinski definition) is 5. The number of thiol groups is 1. The number of anilines is 2. The van der Waals surface area contributed by atoms with Gasteiger partial charge in [-0.25, -0.2) is 8.42 Å². The maximum absolute atomic E-state index is 13.4. The lowest BCUT2D eigenvalue weighted by Gasteiger charge is -2.22. The van der Waals surface area contributed by atoms with E-state index in [0.717, 1.165) is 0 Å². The molecule has 2 N–H and O–H groups in total. The minimum Gasteiger partial charge on any atom is -0.354 e. The van der Waals surface area contributed by atoms with Crippen LogP contribution in [0.25, 0.3) is 22.0 Å². The fourth-order valence-electron chi connectivity index (χ4n) is 3.85. The van der Waals surface area contributed by atoms with E-state index >= 15 is 0 Å². The van der Waals surface area contributed by atoms with E-state index in [1.807, 2.05) is 12.1 Å². The van der Waals surface area contributed by atoms with Crippen LogP contribution in [-0.2, 0) is 10.7 Å². The fraction of sp³-hybridized carbons (Fsp3) is 0. The summed E-state index contributed by atoms with van der Waals surface area (Å²) in [6.07, 6.45) is 0. The standard InChI is InChI=1S/C22H14N2O4S/c25-19-11-14-12-5-1-2-6-13(12)22(26)21-17(10-9-16(24-19)20(14)21)23-15-7-3-4-8-18(15)29(27)28/h1-11,23,29H,(H,24,25). The minimum absolute atomic E-state index is 0.139. The third-order valence-corrected chi connectivity index (χ3v) is 5.85. The first-order valence-corrected chi connectivity index (χ1v) is 10.1. The third-order valence-electron chi connectivity index (χ3n) is 5.07. The number of H-pyrrole nitrogens is 1. The van der Waals surface area contributed by atoms with Crippen LogP contribution in [0.5, 0.6) is 0 Å². The van der Waals surface area contributed by atoms with E-state index in [4.69, 9.17) is 0 Å². The SMILES string of the molecule is O=C1c2ccccc2-c2cc(=O)[nH]c3ccc(Nc4ccccc4[SH](=O)=O)c1c23. The Morgan fingerprint density at radius 3 is 2.28 bits per heavy atom. The molecule has 6 nitrogen and oxygen atoms in total. The monoisotopic (exact) mass is 402 g/mol. The summed E-state index contributed by atoms with van der Waals surface area (Å²) < 4.78 is 23.2. The summed E-state index contributed by atoms with van der Waals surface area (Å²) >= 11 is 0. The van der Waals surface area contributed by atoms with Crippen LogP contribution in [0.4, 0.5) is 11.4 Å². The van der Waals surface area contributed by atoms with Crippen molar-refractivity contribution in [2.75, 3.05) is 5.32 Å². The number of hydrogen-bond donors (Lipinski definition) is 3. The van der Waals surface area contributed by atoms with Crippen molar-refractivity contribution in [3.8, 4) is 11.1 Å². The molecule has 1 heterocycles. The van der Waals surface area contributed by atoms with Gasteiger partial charge in [0.2, 0.25) is 5.56 Å². The quantitative estimate of drug-likeness (QED) is 0.402. The van der Waals surface area contributed by atoms with Gasteiger partial charge in [0.1, 0.15) is 0 Å². The van der Waals surface area contributed by atoms with Crippen LogP contribution < -0.4 is 10.9 Å². The molecule has 0 spiro atoms. The van der Waals surface area contributed by atoms with E-state index in [2.05, 4.69) is 10.3 Å². The summed E-state index contributed by atoms with van der Waals surface area (Å²) in [6.45, 7) is 0. The van der Waals surface area contributed by atoms with Crippen LogP contribution in [0.3, 0.4) is 0 Å². The number of aromatic amines is 1. The van der Waals surface area contributed by atoms with Crippen LogP contribution in [-0.4, -0.2) is 19.2 Å². The van der Waals surface area contributed by atoms with Gasteiger partial charge in [0, 0.05) is 22.5 Å². The molecule has 0 aliphatic heterocycles. The van der Waals surface area contributed by atoms with Crippen molar-refractivity contribution in [2.24, 2.45) is 0 Å². The van der Waals surface area contributed by atoms with Crippen molar-refractivity contribution in [3.05, 3.63) is 88.2 Å². The number of aromatic nitrogens is 1. The Kier molecular flexibility index (Phi) is 3.85. The lowest BCUT2D eigenvalue weighted by molar-refractivity contribution is 0.104. The topological polar surface area (TPSA) is 96.1 Å². The van der Waals surface area contributed by atoms with Crippen molar-refractivity contribution in [3.63, 3.8) is 0 Å². The normalized spacial score (nSPS) is 12.2. The van der Waals surface area contributed by atoms with E-state index in [9.17, 15) is 18.0 Å². The summed E-state index contributed by atoms with van der Waals surface area (Å²) in [4.78, 5) is 28.4. The van der Waals surface area contributed by atoms with Crippen molar-refractivity contribution < 1.29 is 13.2 Å². The van der Waals surface area contributed by atoms with Gasteiger partial charge in [-0.2, -0.15) is 0 Å². The van der Waals surface area contributed by atoms with Gasteiger partial charge in [0.25, 0.3) is 0 Å². The van der Waals surface area contributed by atoms with Gasteiger partial charge >= 0.3 is 0 Å². The number of nitrogens with one attached hydrogen (secondary N) is 2. The Balaban J connectivity index is 1.82. The molecule has 0 bridgehead atoms. The van der Waals surface area contributed by atoms with E-state index in [0.29, 0.717) is 44.5 Å². The number of ketones is 1. The second kappa shape index (κ2) is 6.42. The second-order valence-corrected chi connectivity index (χ2v) is 7.73. The number of fused-ring (bicyclic) bond motifs is 2. The first kappa shape index (κ1) is 17.4. The number of para-hydroxylation sites is 1. The van der Waals surface area contributed by atoms with E-state index in [1.165, 1.54) is 12.1 Å². The van der Waals surface area contributed by atoms with Crippen LogP contribution in [0.1, 0.15) is 15.9 Å². The van der Waals surface area contributed by atoms with Gasteiger partial charge in [-0.15, -0.1) is 0 Å². The molecule has 4 aromatic rings. The predicted molar refractivity (Wildman–Crippen MR) is 112 cm³/mol. The average molecular weight is 402 g/mol. The highest BCUT2D eigenvalue weighted by Crippen LogP contribution is 2.41. The highest BCUT2D eigenvalue weighted by molar-refractivity contribution is 7.72. The highest BCUT2D eigenvalue weighted by atomic mass is 32.2. The molecule has 1 aliphatic rings. The van der Waals surface area contributed by atoms with Crippen molar-refractivity contribution in [1.82, 2.24) is 4.98 Å². The zero-order chi connectivity index (χ0) is 20.1. The molecule has 0 unspecified atom stereocenters. The maximum Gasteiger partial charge on any atom is 0.249 e. The van der Waals surface area contributed by atoms with Crippen LogP contribution in [0.15, 0.2) is 76.4 Å². The first-order chi connectivity index (χ1) is 14.0. The molecule has 3 aromatic carbocycles. The molecule has 0 saturated carbocycles. The number of carbonyl (C=O) groups is 1. The fourth-order valence-corrected chi connectivity index (χ4v) is 4.38. The Morgan fingerprint density at radius 2 is 1.48 bits per heavy atom. The van der Waals surface area contributed by atoms with Crippen LogP contribution >= 0.6 is 0 Å². The molecule has 0 amide bonds. The smallest absolute Gasteiger partial charge is 0.249 e. The molecular weight excluding hydrogens is 388 g/mol. The maximum atomic E-state index is 13.4. The summed E-state index contributed by atoms with van der Waals surface area (Å²) in [5.41, 5.74) is 3.47. The Hall–Kier alpha value is -3.71. The van der Waals surface area contributed by atoms with Crippen LogP contribution in [0, 0.1) is 0 Å². The van der Waals surface area contributed by atoms with E-state index in [-0.39, 0.29) is 16.2 Å². The Labute approximate surface area is 166 Å². The summed E-state index contributed by atoms with van der Waals surface area (Å²) in [5.74, 6) is -0.183. The first-order valence-electron chi connectivity index (χ1n) is 8.89. The molecule has 1 aromatic heterocycles. The van der Waals surface area contributed by atoms with Gasteiger partial charge in [0.15, 0.2) is 16.5 Å². The minimum atomic E-state index is -2.81. The molecule has 0 atom stereocenters. The van der Waals surface area contributed by atoms with Gasteiger partial charge in [-0.3, -0.25) is 9.59 Å². The molecule has 142 valence electrons. The van der Waals surface area contributed by atoms with Crippen molar-refractivity contribution in [1.29, 1.82) is 0 Å². The number of benzene rings is 3.